The standard InChI is InChI=1S/C15H15N.C8H7N/c1-10-15(2,3)14-12-7-5-4-6-11(12)8-9-13(14)16-10;1-2-4-8-7(3-1)5-6-9-8/h4-9H,1-3H3;1-6,9H. The van der Waals surface area contributed by atoms with Crippen LogP contribution in [0.25, 0.3) is 21.7 Å². The second-order valence-electron chi connectivity index (χ2n) is 7.07. The van der Waals surface area contributed by atoms with E-state index in [1.807, 2.05) is 18.3 Å². The Morgan fingerprint density at radius 3 is 2.32 bits per heavy atom. The van der Waals surface area contributed by atoms with Gasteiger partial charge < -0.3 is 4.98 Å². The lowest BCUT2D eigenvalue weighted by atomic mass is 9.80. The van der Waals surface area contributed by atoms with E-state index in [1.54, 1.807) is 0 Å². The molecule has 4 aromatic rings. The van der Waals surface area contributed by atoms with Crippen molar-refractivity contribution in [3.05, 3.63) is 78.5 Å². The van der Waals surface area contributed by atoms with Crippen LogP contribution in [0.2, 0.25) is 0 Å². The monoisotopic (exact) mass is 326 g/mol. The van der Waals surface area contributed by atoms with Crippen molar-refractivity contribution >= 4 is 33.1 Å². The highest BCUT2D eigenvalue weighted by Crippen LogP contribution is 2.43. The summed E-state index contributed by atoms with van der Waals surface area (Å²) in [5.74, 6) is 0. The first-order chi connectivity index (χ1) is 12.1. The normalized spacial score (nSPS) is 14.8. The molecule has 0 aliphatic carbocycles. The number of hydrogen-bond acceptors (Lipinski definition) is 1. The van der Waals surface area contributed by atoms with Crippen molar-refractivity contribution in [2.75, 3.05) is 0 Å². The van der Waals surface area contributed by atoms with Crippen molar-refractivity contribution in [2.24, 2.45) is 4.99 Å². The molecule has 2 heteroatoms. The van der Waals surface area contributed by atoms with E-state index in [4.69, 9.17) is 0 Å². The van der Waals surface area contributed by atoms with E-state index in [2.05, 4.69) is 85.3 Å². The van der Waals surface area contributed by atoms with Crippen LogP contribution in [0, 0.1) is 0 Å². The molecule has 124 valence electrons. The molecule has 0 bridgehead atoms. The maximum Gasteiger partial charge on any atom is 0.0677 e. The molecule has 1 N–H and O–H groups in total. The molecule has 0 unspecified atom stereocenters. The first-order valence-corrected chi connectivity index (χ1v) is 8.67. The third-order valence-corrected chi connectivity index (χ3v) is 5.19. The molecule has 2 nitrogen and oxygen atoms in total. The number of benzene rings is 3. The summed E-state index contributed by atoms with van der Waals surface area (Å²) in [6, 6.07) is 23.1. The fourth-order valence-corrected chi connectivity index (χ4v) is 3.51. The summed E-state index contributed by atoms with van der Waals surface area (Å²) in [7, 11) is 0. The van der Waals surface area contributed by atoms with Gasteiger partial charge in [-0.05, 0) is 46.8 Å². The Morgan fingerprint density at radius 1 is 0.800 bits per heavy atom. The Hall–Kier alpha value is -2.87. The van der Waals surface area contributed by atoms with Gasteiger partial charge in [0.25, 0.3) is 0 Å². The number of nitrogens with zero attached hydrogens (tertiary/aromatic N) is 1. The average molecular weight is 326 g/mol. The first kappa shape index (κ1) is 15.6. The molecular weight excluding hydrogens is 304 g/mol. The van der Waals surface area contributed by atoms with Crippen LogP contribution >= 0.6 is 0 Å². The van der Waals surface area contributed by atoms with Crippen LogP contribution in [0.15, 0.2) is 77.9 Å². The molecule has 0 atom stereocenters. The van der Waals surface area contributed by atoms with Crippen molar-refractivity contribution in [3.63, 3.8) is 0 Å². The molecule has 25 heavy (non-hydrogen) atoms. The maximum absolute atomic E-state index is 4.67. The number of rotatable bonds is 0. The van der Waals surface area contributed by atoms with Gasteiger partial charge in [-0.3, -0.25) is 4.99 Å². The van der Waals surface area contributed by atoms with Gasteiger partial charge in [0, 0.05) is 22.8 Å². The summed E-state index contributed by atoms with van der Waals surface area (Å²) in [5.41, 5.74) is 5.00. The van der Waals surface area contributed by atoms with Crippen molar-refractivity contribution in [2.45, 2.75) is 26.2 Å². The summed E-state index contributed by atoms with van der Waals surface area (Å²) in [5, 5.41) is 3.92. The summed E-state index contributed by atoms with van der Waals surface area (Å²) in [6.45, 7) is 6.63. The highest BCUT2D eigenvalue weighted by molar-refractivity contribution is 6.06. The highest BCUT2D eigenvalue weighted by atomic mass is 14.8. The van der Waals surface area contributed by atoms with Gasteiger partial charge in [0.05, 0.1) is 5.69 Å². The molecule has 1 aliphatic rings. The molecule has 2 heterocycles. The summed E-state index contributed by atoms with van der Waals surface area (Å²) in [6.07, 6.45) is 1.95. The minimum atomic E-state index is 0.0657. The fraction of sp³-hybridized carbons (Fsp3) is 0.174. The van der Waals surface area contributed by atoms with E-state index in [0.717, 1.165) is 5.69 Å². The predicted octanol–water partition coefficient (Wildman–Crippen LogP) is 6.39. The van der Waals surface area contributed by atoms with Crippen LogP contribution in [-0.4, -0.2) is 10.7 Å². The van der Waals surface area contributed by atoms with E-state index >= 15 is 0 Å². The van der Waals surface area contributed by atoms with E-state index in [-0.39, 0.29) is 5.41 Å². The molecule has 0 fully saturated rings. The van der Waals surface area contributed by atoms with Gasteiger partial charge in [-0.2, -0.15) is 0 Å². The smallest absolute Gasteiger partial charge is 0.0677 e. The van der Waals surface area contributed by atoms with Gasteiger partial charge in [0.2, 0.25) is 0 Å². The number of fused-ring (bicyclic) bond motifs is 4. The topological polar surface area (TPSA) is 28.1 Å². The van der Waals surface area contributed by atoms with E-state index in [9.17, 15) is 0 Å². The third kappa shape index (κ3) is 2.64. The highest BCUT2D eigenvalue weighted by Gasteiger charge is 2.33. The van der Waals surface area contributed by atoms with Gasteiger partial charge in [0.15, 0.2) is 0 Å². The second kappa shape index (κ2) is 5.89. The lowest BCUT2D eigenvalue weighted by molar-refractivity contribution is 0.740. The number of aromatic nitrogens is 1. The zero-order chi connectivity index (χ0) is 17.4. The number of H-pyrrole nitrogens is 1. The van der Waals surface area contributed by atoms with E-state index in [1.165, 1.54) is 33.0 Å². The number of para-hydroxylation sites is 1. The van der Waals surface area contributed by atoms with Crippen molar-refractivity contribution in [1.82, 2.24) is 4.98 Å². The van der Waals surface area contributed by atoms with Crippen LogP contribution in [-0.2, 0) is 5.41 Å². The Labute approximate surface area is 148 Å². The van der Waals surface area contributed by atoms with Gasteiger partial charge in [-0.15, -0.1) is 0 Å². The SMILES string of the molecule is CC1=Nc2ccc3ccccc3c2C1(C)C.c1ccc2[nH]ccc2c1. The van der Waals surface area contributed by atoms with Crippen molar-refractivity contribution in [1.29, 1.82) is 0 Å². The second-order valence-corrected chi connectivity index (χ2v) is 7.07. The fourth-order valence-electron chi connectivity index (χ4n) is 3.51. The van der Waals surface area contributed by atoms with Crippen molar-refractivity contribution < 1.29 is 0 Å². The number of aliphatic imine (C=N–C) groups is 1. The van der Waals surface area contributed by atoms with Crippen LogP contribution in [0.3, 0.4) is 0 Å². The van der Waals surface area contributed by atoms with Crippen LogP contribution in [0.1, 0.15) is 26.3 Å². The maximum atomic E-state index is 4.67. The molecule has 1 aliphatic heterocycles. The van der Waals surface area contributed by atoms with Crippen LogP contribution in [0.4, 0.5) is 5.69 Å². The molecule has 1 aromatic heterocycles. The van der Waals surface area contributed by atoms with Crippen LogP contribution in [0.5, 0.6) is 0 Å². The van der Waals surface area contributed by atoms with Gasteiger partial charge in [-0.1, -0.05) is 62.4 Å². The van der Waals surface area contributed by atoms with E-state index < -0.39 is 0 Å². The Morgan fingerprint density at radius 2 is 1.52 bits per heavy atom. The van der Waals surface area contributed by atoms with Gasteiger partial charge >= 0.3 is 0 Å². The molecule has 0 amide bonds. The lowest BCUT2D eigenvalue weighted by Crippen LogP contribution is -2.22. The molecule has 5 rings (SSSR count). The Kier molecular flexibility index (Phi) is 3.69. The quantitative estimate of drug-likeness (QED) is 0.388. The Balaban J connectivity index is 0.000000147. The summed E-state index contributed by atoms with van der Waals surface area (Å²) in [4.78, 5) is 7.79. The number of nitrogens with one attached hydrogen (secondary N) is 1. The summed E-state index contributed by atoms with van der Waals surface area (Å²) >= 11 is 0. The van der Waals surface area contributed by atoms with Crippen molar-refractivity contribution in [3.8, 4) is 0 Å². The molecule has 0 radical (unpaired) electrons. The molecule has 0 saturated carbocycles. The van der Waals surface area contributed by atoms with Crippen LogP contribution < -0.4 is 0 Å². The van der Waals surface area contributed by atoms with Gasteiger partial charge in [0.1, 0.15) is 0 Å². The third-order valence-electron chi connectivity index (χ3n) is 5.19. The largest absolute Gasteiger partial charge is 0.361 e. The molecule has 0 saturated heterocycles. The zero-order valence-corrected chi connectivity index (χ0v) is 14.9. The zero-order valence-electron chi connectivity index (χ0n) is 14.9. The lowest BCUT2D eigenvalue weighted by Gasteiger charge is -2.21. The molecule has 0 spiro atoms. The predicted molar refractivity (Wildman–Crippen MR) is 108 cm³/mol. The number of aromatic amines is 1. The van der Waals surface area contributed by atoms with E-state index in [0.29, 0.717) is 0 Å². The number of hydrogen-bond donors (Lipinski definition) is 1. The minimum Gasteiger partial charge on any atom is -0.361 e. The Bertz CT molecular complexity index is 1050. The molecule has 3 aromatic carbocycles. The summed E-state index contributed by atoms with van der Waals surface area (Å²) < 4.78 is 0. The van der Waals surface area contributed by atoms with Gasteiger partial charge in [-0.25, -0.2) is 0 Å². The molecular formula is C23H22N2. The first-order valence-electron chi connectivity index (χ1n) is 8.67. The average Bonchev–Trinajstić information content (AvgIpc) is 3.18. The minimum absolute atomic E-state index is 0.0657.